The molecule has 118 valence electrons. The summed E-state index contributed by atoms with van der Waals surface area (Å²) in [6.45, 7) is 8.33. The van der Waals surface area contributed by atoms with Crippen LogP contribution >= 0.6 is 0 Å². The van der Waals surface area contributed by atoms with Crippen molar-refractivity contribution in [3.05, 3.63) is 48.3 Å². The molecule has 0 spiro atoms. The fourth-order valence-electron chi connectivity index (χ4n) is 2.47. The molecule has 1 heterocycles. The quantitative estimate of drug-likeness (QED) is 0.728. The first-order valence-corrected chi connectivity index (χ1v) is 7.90. The first-order chi connectivity index (χ1) is 10.7. The second-order valence-corrected chi connectivity index (χ2v) is 5.10. The molecule has 2 aromatic rings. The Morgan fingerprint density at radius 2 is 1.82 bits per heavy atom. The van der Waals surface area contributed by atoms with Gasteiger partial charge in [-0.05, 0) is 50.6 Å². The molecule has 0 atom stereocenters. The maximum Gasteiger partial charge on any atom is 0.340 e. The first kappa shape index (κ1) is 16.1. The van der Waals surface area contributed by atoms with Gasteiger partial charge in [-0.3, -0.25) is 0 Å². The molecule has 0 amide bonds. The Bertz CT molecular complexity index is 602. The van der Waals surface area contributed by atoms with Crippen molar-refractivity contribution in [2.24, 2.45) is 0 Å². The van der Waals surface area contributed by atoms with Gasteiger partial charge in [-0.2, -0.15) is 0 Å². The van der Waals surface area contributed by atoms with E-state index in [0.29, 0.717) is 12.2 Å². The largest absolute Gasteiger partial charge is 0.462 e. The predicted octanol–water partition coefficient (Wildman–Crippen LogP) is 3.89. The minimum absolute atomic E-state index is 0.252. The summed E-state index contributed by atoms with van der Waals surface area (Å²) in [6.07, 6.45) is 4.75. The summed E-state index contributed by atoms with van der Waals surface area (Å²) in [5.74, 6) is -0.252. The van der Waals surface area contributed by atoms with E-state index in [4.69, 9.17) is 4.74 Å². The zero-order valence-corrected chi connectivity index (χ0v) is 13.6. The van der Waals surface area contributed by atoms with Crippen molar-refractivity contribution in [3.8, 4) is 5.69 Å². The van der Waals surface area contributed by atoms with Crippen molar-refractivity contribution in [1.29, 1.82) is 0 Å². The lowest BCUT2D eigenvalue weighted by Gasteiger charge is -2.24. The molecule has 0 N–H and O–H groups in total. The fourth-order valence-corrected chi connectivity index (χ4v) is 2.47. The van der Waals surface area contributed by atoms with Crippen LogP contribution in [0.15, 0.2) is 42.7 Å². The van der Waals surface area contributed by atoms with Crippen LogP contribution in [0.5, 0.6) is 0 Å². The standard InChI is InChI=1S/C18H24N2O2/c1-4-13-22-18(21)16-14-15(20-11-7-8-12-20)9-10-17(16)19(5-2)6-3/h7-12,14H,4-6,13H2,1-3H3. The summed E-state index contributed by atoms with van der Waals surface area (Å²) in [7, 11) is 0. The molecule has 0 saturated carbocycles. The molecule has 4 heteroatoms. The second-order valence-electron chi connectivity index (χ2n) is 5.10. The third-order valence-electron chi connectivity index (χ3n) is 3.64. The minimum atomic E-state index is -0.252. The average molecular weight is 300 g/mol. The molecular formula is C18H24N2O2. The summed E-state index contributed by atoms with van der Waals surface area (Å²) >= 11 is 0. The lowest BCUT2D eigenvalue weighted by atomic mass is 10.1. The van der Waals surface area contributed by atoms with Gasteiger partial charge >= 0.3 is 5.97 Å². The third kappa shape index (κ3) is 3.50. The average Bonchev–Trinajstić information content (AvgIpc) is 3.08. The first-order valence-electron chi connectivity index (χ1n) is 7.90. The van der Waals surface area contributed by atoms with E-state index in [2.05, 4.69) is 18.7 Å². The van der Waals surface area contributed by atoms with E-state index >= 15 is 0 Å². The number of esters is 1. The Balaban J connectivity index is 2.43. The van der Waals surface area contributed by atoms with Crippen LogP contribution in [0.2, 0.25) is 0 Å². The van der Waals surface area contributed by atoms with Crippen LogP contribution in [0.4, 0.5) is 5.69 Å². The molecule has 1 aromatic carbocycles. The molecule has 1 aromatic heterocycles. The zero-order valence-electron chi connectivity index (χ0n) is 13.6. The summed E-state index contributed by atoms with van der Waals surface area (Å²) in [6, 6.07) is 9.88. The number of ether oxygens (including phenoxy) is 1. The van der Waals surface area contributed by atoms with Crippen molar-refractivity contribution in [1.82, 2.24) is 4.57 Å². The van der Waals surface area contributed by atoms with Gasteiger partial charge in [0.2, 0.25) is 0 Å². The number of carbonyl (C=O) groups excluding carboxylic acids is 1. The molecule has 0 saturated heterocycles. The summed E-state index contributed by atoms with van der Waals surface area (Å²) in [5, 5.41) is 0. The maximum atomic E-state index is 12.4. The molecule has 0 bridgehead atoms. The van der Waals surface area contributed by atoms with Crippen LogP contribution in [0.25, 0.3) is 5.69 Å². The highest BCUT2D eigenvalue weighted by Gasteiger charge is 2.17. The van der Waals surface area contributed by atoms with E-state index in [1.165, 1.54) is 0 Å². The van der Waals surface area contributed by atoms with Gasteiger partial charge in [0.1, 0.15) is 0 Å². The Morgan fingerprint density at radius 1 is 1.14 bits per heavy atom. The highest BCUT2D eigenvalue weighted by molar-refractivity contribution is 5.96. The predicted molar refractivity (Wildman–Crippen MR) is 89.9 cm³/mol. The fraction of sp³-hybridized carbons (Fsp3) is 0.389. The molecule has 0 fully saturated rings. The number of anilines is 1. The second kappa shape index (κ2) is 7.69. The number of hydrogen-bond donors (Lipinski definition) is 0. The number of carbonyl (C=O) groups is 1. The zero-order chi connectivity index (χ0) is 15.9. The number of nitrogens with zero attached hydrogens (tertiary/aromatic N) is 2. The van der Waals surface area contributed by atoms with E-state index in [0.717, 1.165) is 30.9 Å². The summed E-state index contributed by atoms with van der Waals surface area (Å²) < 4.78 is 7.34. The van der Waals surface area contributed by atoms with E-state index in [1.807, 2.05) is 54.2 Å². The summed E-state index contributed by atoms with van der Waals surface area (Å²) in [4.78, 5) is 14.6. The highest BCUT2D eigenvalue weighted by atomic mass is 16.5. The van der Waals surface area contributed by atoms with Crippen LogP contribution in [-0.4, -0.2) is 30.2 Å². The van der Waals surface area contributed by atoms with Gasteiger partial charge < -0.3 is 14.2 Å². The van der Waals surface area contributed by atoms with Gasteiger partial charge in [0.15, 0.2) is 0 Å². The van der Waals surface area contributed by atoms with Crippen LogP contribution in [-0.2, 0) is 4.74 Å². The van der Waals surface area contributed by atoms with Crippen LogP contribution in [0.3, 0.4) is 0 Å². The SMILES string of the molecule is CCCOC(=O)c1cc(-n2cccc2)ccc1N(CC)CC. The molecule has 4 nitrogen and oxygen atoms in total. The molecule has 0 radical (unpaired) electrons. The Kier molecular flexibility index (Phi) is 5.64. The normalized spacial score (nSPS) is 10.5. The lowest BCUT2D eigenvalue weighted by Crippen LogP contribution is -2.24. The van der Waals surface area contributed by atoms with E-state index in [9.17, 15) is 4.79 Å². The van der Waals surface area contributed by atoms with E-state index < -0.39 is 0 Å². The van der Waals surface area contributed by atoms with Crippen LogP contribution in [0.1, 0.15) is 37.6 Å². The van der Waals surface area contributed by atoms with Gasteiger partial charge in [0, 0.05) is 31.2 Å². The number of benzene rings is 1. The Hall–Kier alpha value is -2.23. The van der Waals surface area contributed by atoms with E-state index in [1.54, 1.807) is 0 Å². The highest BCUT2D eigenvalue weighted by Crippen LogP contribution is 2.25. The van der Waals surface area contributed by atoms with Crippen molar-refractivity contribution in [3.63, 3.8) is 0 Å². The van der Waals surface area contributed by atoms with Gasteiger partial charge in [0.25, 0.3) is 0 Å². The smallest absolute Gasteiger partial charge is 0.340 e. The van der Waals surface area contributed by atoms with E-state index in [-0.39, 0.29) is 5.97 Å². The molecule has 2 rings (SSSR count). The number of aromatic nitrogens is 1. The van der Waals surface area contributed by atoms with Gasteiger partial charge in [-0.1, -0.05) is 6.92 Å². The molecule has 22 heavy (non-hydrogen) atoms. The van der Waals surface area contributed by atoms with Gasteiger partial charge in [-0.15, -0.1) is 0 Å². The maximum absolute atomic E-state index is 12.4. The van der Waals surface area contributed by atoms with Crippen molar-refractivity contribution in [2.75, 3.05) is 24.6 Å². The number of hydrogen-bond acceptors (Lipinski definition) is 3. The van der Waals surface area contributed by atoms with Gasteiger partial charge in [0.05, 0.1) is 17.9 Å². The Morgan fingerprint density at radius 3 is 2.41 bits per heavy atom. The molecule has 0 unspecified atom stereocenters. The topological polar surface area (TPSA) is 34.5 Å². The Labute approximate surface area is 132 Å². The van der Waals surface area contributed by atoms with Crippen LogP contribution < -0.4 is 4.90 Å². The van der Waals surface area contributed by atoms with Crippen molar-refractivity contribution in [2.45, 2.75) is 27.2 Å². The number of rotatable bonds is 7. The third-order valence-corrected chi connectivity index (χ3v) is 3.64. The molecule has 0 aliphatic carbocycles. The van der Waals surface area contributed by atoms with Crippen LogP contribution in [0, 0.1) is 0 Å². The van der Waals surface area contributed by atoms with Gasteiger partial charge in [-0.25, -0.2) is 4.79 Å². The monoisotopic (exact) mass is 300 g/mol. The molecule has 0 aliphatic heterocycles. The minimum Gasteiger partial charge on any atom is -0.462 e. The lowest BCUT2D eigenvalue weighted by molar-refractivity contribution is 0.0506. The molecule has 0 aliphatic rings. The van der Waals surface area contributed by atoms with Crippen molar-refractivity contribution >= 4 is 11.7 Å². The van der Waals surface area contributed by atoms with Crippen molar-refractivity contribution < 1.29 is 9.53 Å². The molecular weight excluding hydrogens is 276 g/mol. The summed E-state index contributed by atoms with van der Waals surface area (Å²) in [5.41, 5.74) is 2.52.